The van der Waals surface area contributed by atoms with Gasteiger partial charge in [0.1, 0.15) is 20.1 Å². The molecule has 1 aliphatic heterocycles. The molecule has 46 valence electrons. The Kier molecular flexibility index (Phi) is 1.45. The fraction of sp³-hybridized carbons (Fsp3) is 0.750. The van der Waals surface area contributed by atoms with Crippen LogP contribution in [0.1, 0.15) is 0 Å². The van der Waals surface area contributed by atoms with Crippen LogP contribution in [0.15, 0.2) is 0 Å². The van der Waals surface area contributed by atoms with Gasteiger partial charge in [0.2, 0.25) is 0 Å². The van der Waals surface area contributed by atoms with Gasteiger partial charge in [0.15, 0.2) is 0 Å². The van der Waals surface area contributed by atoms with Gasteiger partial charge in [-0.3, -0.25) is 9.69 Å². The number of aliphatic hydroxyl groups is 1. The zero-order valence-electron chi connectivity index (χ0n) is 4.33. The second-order valence-corrected chi connectivity index (χ2v) is 1.55. The molecular weight excluding hydrogens is 110 g/mol. The number of carbonyl (C=O) groups is 1. The molecule has 0 saturated carbocycles. The predicted octanol–water partition coefficient (Wildman–Crippen LogP) is -1.25. The first kappa shape index (κ1) is 5.53. The molecule has 1 rings (SSSR count). The Balaban J connectivity index is 2.42. The van der Waals surface area contributed by atoms with Gasteiger partial charge in [-0.25, -0.2) is 0 Å². The Morgan fingerprint density at radius 1 is 1.88 bits per heavy atom. The smallest absolute Gasteiger partial charge is 0.252 e. The van der Waals surface area contributed by atoms with Crippen molar-refractivity contribution in [3.05, 3.63) is 0 Å². The van der Waals surface area contributed by atoms with Crippen molar-refractivity contribution >= 4 is 5.91 Å². The SMILES string of the molecule is O=C1COCN1CO. The Labute approximate surface area is 46.7 Å². The summed E-state index contributed by atoms with van der Waals surface area (Å²) in [6.45, 7) is 0.106. The lowest BCUT2D eigenvalue weighted by molar-refractivity contribution is -0.129. The zero-order chi connectivity index (χ0) is 5.98. The fourth-order valence-corrected chi connectivity index (χ4v) is 0.526. The van der Waals surface area contributed by atoms with Crippen molar-refractivity contribution in [1.82, 2.24) is 4.90 Å². The van der Waals surface area contributed by atoms with E-state index in [2.05, 4.69) is 4.74 Å². The minimum Gasteiger partial charge on any atom is -0.376 e. The summed E-state index contributed by atoms with van der Waals surface area (Å²) in [5.74, 6) is -0.146. The van der Waals surface area contributed by atoms with Gasteiger partial charge >= 0.3 is 0 Å². The topological polar surface area (TPSA) is 49.8 Å². The molecule has 0 atom stereocenters. The van der Waals surface area contributed by atoms with Crippen LogP contribution in [0.3, 0.4) is 0 Å². The van der Waals surface area contributed by atoms with E-state index >= 15 is 0 Å². The molecule has 1 amide bonds. The maximum atomic E-state index is 10.4. The Morgan fingerprint density at radius 2 is 2.62 bits per heavy atom. The first-order chi connectivity index (χ1) is 3.84. The maximum absolute atomic E-state index is 10.4. The van der Waals surface area contributed by atoms with Crippen LogP contribution in [-0.2, 0) is 9.53 Å². The van der Waals surface area contributed by atoms with Gasteiger partial charge in [-0.05, 0) is 0 Å². The molecule has 1 aliphatic rings. The van der Waals surface area contributed by atoms with Crippen molar-refractivity contribution in [2.45, 2.75) is 0 Å². The van der Waals surface area contributed by atoms with Crippen molar-refractivity contribution < 1.29 is 14.6 Å². The van der Waals surface area contributed by atoms with E-state index < -0.39 is 0 Å². The Hall–Kier alpha value is -0.610. The van der Waals surface area contributed by atoms with Crippen LogP contribution in [0, 0.1) is 0 Å². The number of ether oxygens (including phenoxy) is 1. The summed E-state index contributed by atoms with van der Waals surface area (Å²) in [6, 6.07) is 0. The van der Waals surface area contributed by atoms with Crippen molar-refractivity contribution in [3.63, 3.8) is 0 Å². The highest BCUT2D eigenvalue weighted by molar-refractivity contribution is 5.78. The second-order valence-electron chi connectivity index (χ2n) is 1.55. The highest BCUT2D eigenvalue weighted by Gasteiger charge is 2.18. The highest BCUT2D eigenvalue weighted by Crippen LogP contribution is 1.97. The molecule has 4 nitrogen and oxygen atoms in total. The predicted molar refractivity (Wildman–Crippen MR) is 24.8 cm³/mol. The molecule has 8 heavy (non-hydrogen) atoms. The summed E-state index contributed by atoms with van der Waals surface area (Å²) in [5.41, 5.74) is 0. The third-order valence-electron chi connectivity index (χ3n) is 0.996. The number of hydrogen-bond acceptors (Lipinski definition) is 3. The fourth-order valence-electron chi connectivity index (χ4n) is 0.526. The number of nitrogens with zero attached hydrogens (tertiary/aromatic N) is 1. The van der Waals surface area contributed by atoms with E-state index in [1.807, 2.05) is 0 Å². The maximum Gasteiger partial charge on any atom is 0.252 e. The number of rotatable bonds is 1. The molecule has 0 unspecified atom stereocenters. The van der Waals surface area contributed by atoms with Crippen LogP contribution in [-0.4, -0.2) is 36.0 Å². The average molecular weight is 117 g/mol. The first-order valence-corrected chi connectivity index (χ1v) is 2.31. The normalized spacial score (nSPS) is 20.1. The number of hydrogen-bond donors (Lipinski definition) is 1. The van der Waals surface area contributed by atoms with E-state index in [-0.39, 0.29) is 26.0 Å². The van der Waals surface area contributed by atoms with E-state index in [1.165, 1.54) is 4.90 Å². The van der Waals surface area contributed by atoms with Gasteiger partial charge in [0.25, 0.3) is 5.91 Å². The van der Waals surface area contributed by atoms with Crippen molar-refractivity contribution in [2.24, 2.45) is 0 Å². The van der Waals surface area contributed by atoms with Gasteiger partial charge in [-0.15, -0.1) is 0 Å². The van der Waals surface area contributed by atoms with E-state index in [1.54, 1.807) is 0 Å². The van der Waals surface area contributed by atoms with Crippen LogP contribution in [0.5, 0.6) is 0 Å². The number of amides is 1. The Morgan fingerprint density at radius 3 is 2.88 bits per heavy atom. The highest BCUT2D eigenvalue weighted by atomic mass is 16.5. The molecule has 0 bridgehead atoms. The van der Waals surface area contributed by atoms with Gasteiger partial charge in [-0.2, -0.15) is 0 Å². The van der Waals surface area contributed by atoms with Crippen LogP contribution >= 0.6 is 0 Å². The lowest BCUT2D eigenvalue weighted by atomic mass is 10.6. The molecule has 1 saturated heterocycles. The van der Waals surface area contributed by atoms with Crippen LogP contribution in [0.4, 0.5) is 0 Å². The minimum absolute atomic E-state index is 0.112. The van der Waals surface area contributed by atoms with E-state index in [4.69, 9.17) is 5.11 Å². The van der Waals surface area contributed by atoms with E-state index in [0.717, 1.165) is 0 Å². The largest absolute Gasteiger partial charge is 0.376 e. The third kappa shape index (κ3) is 0.801. The molecule has 0 aromatic rings. The summed E-state index contributed by atoms with van der Waals surface area (Å²) in [7, 11) is 0. The number of aliphatic hydroxyl groups excluding tert-OH is 1. The molecule has 0 spiro atoms. The molecule has 1 N–H and O–H groups in total. The quantitative estimate of drug-likeness (QED) is 0.467. The molecule has 0 aromatic heterocycles. The van der Waals surface area contributed by atoms with Gasteiger partial charge in [0.05, 0.1) is 0 Å². The van der Waals surface area contributed by atoms with Gasteiger partial charge < -0.3 is 9.84 Å². The number of carbonyl (C=O) groups excluding carboxylic acids is 1. The molecular formula is C4H7NO3. The lowest BCUT2D eigenvalue weighted by Gasteiger charge is -2.06. The standard InChI is InChI=1S/C4H7NO3/c6-2-5-3-8-1-4(5)7/h6H,1-3H2. The Bertz CT molecular complexity index is 103. The van der Waals surface area contributed by atoms with Crippen LogP contribution in [0.25, 0.3) is 0 Å². The summed E-state index contributed by atoms with van der Waals surface area (Å²) in [4.78, 5) is 11.7. The molecule has 1 heterocycles. The minimum atomic E-state index is -0.237. The van der Waals surface area contributed by atoms with Crippen molar-refractivity contribution in [1.29, 1.82) is 0 Å². The van der Waals surface area contributed by atoms with Crippen LogP contribution in [0.2, 0.25) is 0 Å². The third-order valence-corrected chi connectivity index (χ3v) is 0.996. The summed E-state index contributed by atoms with van der Waals surface area (Å²) in [6.07, 6.45) is 0. The molecule has 0 aliphatic carbocycles. The average Bonchev–Trinajstić information content (AvgIpc) is 2.14. The molecule has 0 radical (unpaired) electrons. The van der Waals surface area contributed by atoms with Gasteiger partial charge in [0, 0.05) is 0 Å². The molecule has 1 fully saturated rings. The molecule has 4 heteroatoms. The monoisotopic (exact) mass is 117 g/mol. The zero-order valence-corrected chi connectivity index (χ0v) is 4.33. The van der Waals surface area contributed by atoms with Crippen molar-refractivity contribution in [3.8, 4) is 0 Å². The summed E-state index contributed by atoms with van der Waals surface area (Å²) < 4.78 is 4.68. The van der Waals surface area contributed by atoms with Crippen molar-refractivity contribution in [2.75, 3.05) is 20.1 Å². The lowest BCUT2D eigenvalue weighted by Crippen LogP contribution is -2.26. The van der Waals surface area contributed by atoms with E-state index in [0.29, 0.717) is 0 Å². The first-order valence-electron chi connectivity index (χ1n) is 2.31. The molecule has 0 aromatic carbocycles. The summed E-state index contributed by atoms with van der Waals surface area (Å²) in [5, 5.41) is 8.36. The van der Waals surface area contributed by atoms with Gasteiger partial charge in [-0.1, -0.05) is 0 Å². The summed E-state index contributed by atoms with van der Waals surface area (Å²) >= 11 is 0. The van der Waals surface area contributed by atoms with Crippen LogP contribution < -0.4 is 0 Å². The van der Waals surface area contributed by atoms with E-state index in [9.17, 15) is 4.79 Å². The second kappa shape index (κ2) is 2.11.